The summed E-state index contributed by atoms with van der Waals surface area (Å²) >= 11 is 0. The van der Waals surface area contributed by atoms with Gasteiger partial charge in [-0.3, -0.25) is 0 Å². The summed E-state index contributed by atoms with van der Waals surface area (Å²) in [5, 5.41) is 0. The van der Waals surface area contributed by atoms with Crippen molar-refractivity contribution in [2.24, 2.45) is 5.73 Å². The van der Waals surface area contributed by atoms with Crippen molar-refractivity contribution in [2.45, 2.75) is 0 Å². The van der Waals surface area contributed by atoms with Gasteiger partial charge in [-0.25, -0.2) is 4.39 Å². The van der Waals surface area contributed by atoms with Crippen LogP contribution in [-0.2, 0) is 0 Å². The van der Waals surface area contributed by atoms with Crippen LogP contribution >= 0.6 is 0 Å². The number of halogens is 2. The normalized spacial score (nSPS) is 10.9. The molecule has 1 aromatic carbocycles. The fourth-order valence-corrected chi connectivity index (χ4v) is 1.03. The van der Waals surface area contributed by atoms with Crippen molar-refractivity contribution in [1.82, 2.24) is 0 Å². The van der Waals surface area contributed by atoms with Gasteiger partial charge in [0.25, 0.3) is 0 Å². The first-order valence-corrected chi connectivity index (χ1v) is 4.09. The molecule has 76 valence electrons. The van der Waals surface area contributed by atoms with Crippen LogP contribution in [0, 0.1) is 11.6 Å². The summed E-state index contributed by atoms with van der Waals surface area (Å²) in [6, 6.07) is 2.80. The van der Waals surface area contributed by atoms with E-state index in [9.17, 15) is 8.78 Å². The predicted molar refractivity (Wildman–Crippen MR) is 51.0 cm³/mol. The van der Waals surface area contributed by atoms with Gasteiger partial charge in [-0.2, -0.15) is 4.39 Å². The molecule has 0 fully saturated rings. The van der Waals surface area contributed by atoms with Crippen molar-refractivity contribution < 1.29 is 13.5 Å². The lowest BCUT2D eigenvalue weighted by Gasteiger charge is -2.04. The van der Waals surface area contributed by atoms with Gasteiger partial charge >= 0.3 is 0 Å². The number of nitrogens with two attached hydrogens (primary N) is 1. The average Bonchev–Trinajstić information content (AvgIpc) is 2.20. The van der Waals surface area contributed by atoms with E-state index in [0.29, 0.717) is 0 Å². The standard InChI is InChI=1S/C10H11F2NO/c1-14-8-5-4-7(3-2-6-13)9(11)10(8)12/h2-5H,6,13H2,1H3. The average molecular weight is 199 g/mol. The number of rotatable bonds is 3. The minimum absolute atomic E-state index is 0.104. The molecular weight excluding hydrogens is 188 g/mol. The van der Waals surface area contributed by atoms with Crippen LogP contribution in [-0.4, -0.2) is 13.7 Å². The monoisotopic (exact) mass is 199 g/mol. The van der Waals surface area contributed by atoms with Gasteiger partial charge in [0.2, 0.25) is 5.82 Å². The van der Waals surface area contributed by atoms with E-state index in [0.717, 1.165) is 0 Å². The molecule has 1 rings (SSSR count). The number of hydrogen-bond donors (Lipinski definition) is 1. The van der Waals surface area contributed by atoms with E-state index in [1.165, 1.54) is 25.3 Å². The second-order valence-corrected chi connectivity index (χ2v) is 2.62. The summed E-state index contributed by atoms with van der Waals surface area (Å²) in [6.45, 7) is 0.285. The molecule has 0 saturated heterocycles. The van der Waals surface area contributed by atoms with Crippen LogP contribution in [0.15, 0.2) is 18.2 Å². The Morgan fingerprint density at radius 2 is 2.07 bits per heavy atom. The van der Waals surface area contributed by atoms with Crippen molar-refractivity contribution in [3.05, 3.63) is 35.4 Å². The summed E-state index contributed by atoms with van der Waals surface area (Å²) in [5.41, 5.74) is 5.35. The second kappa shape index (κ2) is 4.72. The van der Waals surface area contributed by atoms with Crippen LogP contribution in [0.4, 0.5) is 8.78 Å². The Morgan fingerprint density at radius 1 is 1.36 bits per heavy atom. The van der Waals surface area contributed by atoms with Gasteiger partial charge in [-0.15, -0.1) is 0 Å². The third kappa shape index (κ3) is 2.09. The predicted octanol–water partition coefficient (Wildman–Crippen LogP) is 1.95. The van der Waals surface area contributed by atoms with Crippen LogP contribution in [0.2, 0.25) is 0 Å². The Morgan fingerprint density at radius 3 is 2.64 bits per heavy atom. The quantitative estimate of drug-likeness (QED) is 0.807. The molecule has 0 heterocycles. The lowest BCUT2D eigenvalue weighted by atomic mass is 10.2. The highest BCUT2D eigenvalue weighted by atomic mass is 19.2. The summed E-state index contributed by atoms with van der Waals surface area (Å²) in [7, 11) is 1.28. The third-order valence-electron chi connectivity index (χ3n) is 1.73. The molecule has 2 N–H and O–H groups in total. The van der Waals surface area contributed by atoms with E-state index in [1.807, 2.05) is 0 Å². The first kappa shape index (κ1) is 10.7. The smallest absolute Gasteiger partial charge is 0.201 e. The molecule has 0 spiro atoms. The van der Waals surface area contributed by atoms with Gasteiger partial charge in [0.05, 0.1) is 7.11 Å². The van der Waals surface area contributed by atoms with Gasteiger partial charge in [-0.1, -0.05) is 12.2 Å². The number of benzene rings is 1. The summed E-state index contributed by atoms with van der Waals surface area (Å²) in [5.74, 6) is -2.01. The maximum Gasteiger partial charge on any atom is 0.201 e. The van der Waals surface area contributed by atoms with E-state index < -0.39 is 11.6 Å². The molecule has 14 heavy (non-hydrogen) atoms. The number of methoxy groups -OCH3 is 1. The molecule has 1 aromatic rings. The lowest BCUT2D eigenvalue weighted by molar-refractivity contribution is 0.371. The van der Waals surface area contributed by atoms with E-state index in [4.69, 9.17) is 5.73 Å². The van der Waals surface area contributed by atoms with Gasteiger partial charge in [-0.05, 0) is 12.1 Å². The van der Waals surface area contributed by atoms with Gasteiger partial charge in [0.1, 0.15) is 0 Å². The Bertz CT molecular complexity index is 350. The lowest BCUT2D eigenvalue weighted by Crippen LogP contribution is -1.96. The Balaban J connectivity index is 3.10. The summed E-state index contributed by atoms with van der Waals surface area (Å²) < 4.78 is 31.0. The maximum atomic E-state index is 13.2. The first-order chi connectivity index (χ1) is 6.70. The zero-order chi connectivity index (χ0) is 10.6. The third-order valence-corrected chi connectivity index (χ3v) is 1.73. The molecule has 2 nitrogen and oxygen atoms in total. The van der Waals surface area contributed by atoms with Crippen molar-refractivity contribution in [2.75, 3.05) is 13.7 Å². The van der Waals surface area contributed by atoms with Crippen LogP contribution < -0.4 is 10.5 Å². The molecule has 0 radical (unpaired) electrons. The Hall–Kier alpha value is -1.42. The number of hydrogen-bond acceptors (Lipinski definition) is 2. The molecule has 0 unspecified atom stereocenters. The molecule has 0 atom stereocenters. The Labute approximate surface area is 81.0 Å². The second-order valence-electron chi connectivity index (χ2n) is 2.62. The SMILES string of the molecule is COc1ccc(C=CCN)c(F)c1F. The summed E-state index contributed by atoms with van der Waals surface area (Å²) in [6.07, 6.45) is 2.97. The first-order valence-electron chi connectivity index (χ1n) is 4.09. The van der Waals surface area contributed by atoms with Crippen molar-refractivity contribution in [3.8, 4) is 5.75 Å². The highest BCUT2D eigenvalue weighted by Crippen LogP contribution is 2.22. The molecule has 0 amide bonds. The van der Waals surface area contributed by atoms with Gasteiger partial charge in [0, 0.05) is 12.1 Å². The van der Waals surface area contributed by atoms with E-state index in [2.05, 4.69) is 4.74 Å². The fourth-order valence-electron chi connectivity index (χ4n) is 1.03. The van der Waals surface area contributed by atoms with Crippen molar-refractivity contribution in [3.63, 3.8) is 0 Å². The zero-order valence-corrected chi connectivity index (χ0v) is 7.76. The number of ether oxygens (including phenoxy) is 1. The molecular formula is C10H11F2NO. The molecule has 0 aromatic heterocycles. The minimum Gasteiger partial charge on any atom is -0.494 e. The summed E-state index contributed by atoms with van der Waals surface area (Å²) in [4.78, 5) is 0. The van der Waals surface area contributed by atoms with Crippen LogP contribution in [0.3, 0.4) is 0 Å². The van der Waals surface area contributed by atoms with Crippen molar-refractivity contribution in [1.29, 1.82) is 0 Å². The van der Waals surface area contributed by atoms with Crippen molar-refractivity contribution >= 4 is 6.08 Å². The Kier molecular flexibility index (Phi) is 3.59. The van der Waals surface area contributed by atoms with Crippen LogP contribution in [0.1, 0.15) is 5.56 Å². The zero-order valence-electron chi connectivity index (χ0n) is 7.76. The van der Waals surface area contributed by atoms with E-state index in [1.54, 1.807) is 6.08 Å². The molecule has 0 aliphatic rings. The van der Waals surface area contributed by atoms with E-state index in [-0.39, 0.29) is 17.9 Å². The topological polar surface area (TPSA) is 35.2 Å². The molecule has 0 aliphatic heterocycles. The largest absolute Gasteiger partial charge is 0.494 e. The highest BCUT2D eigenvalue weighted by Gasteiger charge is 2.11. The highest BCUT2D eigenvalue weighted by molar-refractivity contribution is 5.52. The molecule has 0 bridgehead atoms. The minimum atomic E-state index is -0.980. The molecule has 4 heteroatoms. The van der Waals surface area contributed by atoms with Gasteiger partial charge in [0.15, 0.2) is 11.6 Å². The van der Waals surface area contributed by atoms with Crippen LogP contribution in [0.25, 0.3) is 6.08 Å². The molecule has 0 saturated carbocycles. The van der Waals surface area contributed by atoms with Gasteiger partial charge < -0.3 is 10.5 Å². The fraction of sp³-hybridized carbons (Fsp3) is 0.200. The maximum absolute atomic E-state index is 13.2. The molecule has 0 aliphatic carbocycles. The van der Waals surface area contributed by atoms with E-state index >= 15 is 0 Å². The van der Waals surface area contributed by atoms with Crippen LogP contribution in [0.5, 0.6) is 5.75 Å².